The van der Waals surface area contributed by atoms with Crippen LogP contribution in [0.15, 0.2) is 42.5 Å². The highest BCUT2D eigenvalue weighted by molar-refractivity contribution is 14.1. The summed E-state index contributed by atoms with van der Waals surface area (Å²) in [6, 6.07) is 12.3. The fraction of sp³-hybridized carbons (Fsp3) is 0. The Kier molecular flexibility index (Phi) is 4.38. The lowest BCUT2D eigenvalue weighted by Gasteiger charge is -2.08. The maximum absolute atomic E-state index is 11.0. The van der Waals surface area contributed by atoms with Gasteiger partial charge in [-0.3, -0.25) is 10.1 Å². The van der Waals surface area contributed by atoms with Crippen molar-refractivity contribution in [1.29, 1.82) is 0 Å². The molecule has 0 fully saturated rings. The zero-order valence-electron chi connectivity index (χ0n) is 8.97. The molecule has 0 aliphatic heterocycles. The molecule has 2 aromatic carbocycles. The summed E-state index contributed by atoms with van der Waals surface area (Å²) < 4.78 is 7.31. The van der Waals surface area contributed by atoms with Gasteiger partial charge in [-0.2, -0.15) is 0 Å². The molecule has 0 saturated carbocycles. The van der Waals surface area contributed by atoms with Gasteiger partial charge in [-0.25, -0.2) is 0 Å². The molecule has 92 valence electrons. The second-order valence-corrected chi connectivity index (χ2v) is 5.81. The van der Waals surface area contributed by atoms with E-state index in [-0.39, 0.29) is 11.4 Å². The predicted molar refractivity (Wildman–Crippen MR) is 85.0 cm³/mol. The Bertz CT molecular complexity index is 602. The molecule has 0 atom stereocenters. The fourth-order valence-corrected chi connectivity index (χ4v) is 2.34. The summed E-state index contributed by atoms with van der Waals surface area (Å²) >= 11 is 4.16. The summed E-state index contributed by atoms with van der Waals surface area (Å²) in [4.78, 5) is 10.5. The number of hydrogen-bond acceptors (Lipinski definition) is 3. The van der Waals surface area contributed by atoms with Gasteiger partial charge in [-0.1, -0.05) is 12.1 Å². The van der Waals surface area contributed by atoms with Gasteiger partial charge < -0.3 is 4.74 Å². The molecule has 0 amide bonds. The minimum absolute atomic E-state index is 0.0263. The van der Waals surface area contributed by atoms with E-state index < -0.39 is 4.92 Å². The molecule has 2 aromatic rings. The third kappa shape index (κ3) is 3.10. The number of nitro benzene ring substituents is 1. The molecule has 0 unspecified atom stereocenters. The van der Waals surface area contributed by atoms with Crippen LogP contribution in [0.3, 0.4) is 0 Å². The number of benzene rings is 2. The predicted octanol–water partition coefficient (Wildman–Crippen LogP) is 4.60. The first-order valence-electron chi connectivity index (χ1n) is 4.94. The van der Waals surface area contributed by atoms with Crippen LogP contribution >= 0.6 is 45.2 Å². The molecule has 4 nitrogen and oxygen atoms in total. The Balaban J connectivity index is 2.41. The van der Waals surface area contributed by atoms with E-state index >= 15 is 0 Å². The van der Waals surface area contributed by atoms with Crippen LogP contribution in [-0.4, -0.2) is 4.92 Å². The quantitative estimate of drug-likeness (QED) is 0.377. The Morgan fingerprint density at radius 1 is 1.06 bits per heavy atom. The first kappa shape index (κ1) is 13.5. The Morgan fingerprint density at radius 2 is 1.78 bits per heavy atom. The Labute approximate surface area is 131 Å². The smallest absolute Gasteiger partial charge is 0.312 e. The van der Waals surface area contributed by atoms with Crippen molar-refractivity contribution < 1.29 is 9.66 Å². The molecular weight excluding hydrogens is 460 g/mol. The summed E-state index contributed by atoms with van der Waals surface area (Å²) in [5.41, 5.74) is -0.0263. The van der Waals surface area contributed by atoms with Crippen molar-refractivity contribution in [2.24, 2.45) is 0 Å². The standard InChI is InChI=1S/C12H7I2NO3/c13-8-5-6-12(10(7-8)15(16)17)18-11-4-2-1-3-9(11)14/h1-7H. The van der Waals surface area contributed by atoms with E-state index in [4.69, 9.17) is 4.74 Å². The van der Waals surface area contributed by atoms with Crippen LogP contribution in [-0.2, 0) is 0 Å². The molecule has 0 radical (unpaired) electrons. The normalized spacial score (nSPS) is 10.1. The van der Waals surface area contributed by atoms with Gasteiger partial charge in [-0.15, -0.1) is 0 Å². The van der Waals surface area contributed by atoms with Gasteiger partial charge >= 0.3 is 5.69 Å². The van der Waals surface area contributed by atoms with Crippen molar-refractivity contribution in [3.8, 4) is 11.5 Å². The summed E-state index contributed by atoms with van der Waals surface area (Å²) in [7, 11) is 0. The summed E-state index contributed by atoms with van der Waals surface area (Å²) in [5, 5.41) is 11.0. The molecule has 0 bridgehead atoms. The molecule has 18 heavy (non-hydrogen) atoms. The maximum atomic E-state index is 11.0. The average molecular weight is 467 g/mol. The number of para-hydroxylation sites is 1. The molecule has 0 N–H and O–H groups in total. The lowest BCUT2D eigenvalue weighted by molar-refractivity contribution is -0.385. The number of halogens is 2. The van der Waals surface area contributed by atoms with Crippen LogP contribution in [0.2, 0.25) is 0 Å². The second-order valence-electron chi connectivity index (χ2n) is 3.40. The molecule has 6 heteroatoms. The van der Waals surface area contributed by atoms with Crippen molar-refractivity contribution >= 4 is 50.9 Å². The number of hydrogen-bond donors (Lipinski definition) is 0. The topological polar surface area (TPSA) is 52.4 Å². The molecule has 0 aromatic heterocycles. The SMILES string of the molecule is O=[N+]([O-])c1cc(I)ccc1Oc1ccccc1I. The van der Waals surface area contributed by atoms with Crippen LogP contribution in [0.4, 0.5) is 5.69 Å². The molecule has 0 aliphatic carbocycles. The molecule has 0 heterocycles. The summed E-state index contributed by atoms with van der Waals surface area (Å²) in [6.07, 6.45) is 0. The first-order chi connectivity index (χ1) is 8.58. The van der Waals surface area contributed by atoms with Gasteiger partial charge in [0.05, 0.1) is 8.49 Å². The largest absolute Gasteiger partial charge is 0.449 e. The average Bonchev–Trinajstić information content (AvgIpc) is 2.34. The van der Waals surface area contributed by atoms with Gasteiger partial charge in [0.1, 0.15) is 5.75 Å². The summed E-state index contributed by atoms with van der Waals surface area (Å²) in [5.74, 6) is 0.868. The first-order valence-corrected chi connectivity index (χ1v) is 7.10. The van der Waals surface area contributed by atoms with Gasteiger partial charge in [0.15, 0.2) is 0 Å². The molecule has 0 spiro atoms. The maximum Gasteiger partial charge on any atom is 0.312 e. The van der Waals surface area contributed by atoms with Crippen molar-refractivity contribution in [3.63, 3.8) is 0 Å². The third-order valence-electron chi connectivity index (χ3n) is 2.17. The van der Waals surface area contributed by atoms with Gasteiger partial charge in [0, 0.05) is 9.64 Å². The van der Waals surface area contributed by atoms with Crippen LogP contribution in [0, 0.1) is 17.3 Å². The molecule has 0 aliphatic rings. The van der Waals surface area contributed by atoms with Crippen LogP contribution in [0.5, 0.6) is 11.5 Å². The monoisotopic (exact) mass is 467 g/mol. The molecule has 0 saturated heterocycles. The minimum atomic E-state index is -0.437. The van der Waals surface area contributed by atoms with E-state index in [0.29, 0.717) is 5.75 Å². The van der Waals surface area contributed by atoms with E-state index in [0.717, 1.165) is 7.14 Å². The van der Waals surface area contributed by atoms with E-state index in [1.165, 1.54) is 6.07 Å². The third-order valence-corrected chi connectivity index (χ3v) is 3.74. The highest BCUT2D eigenvalue weighted by Crippen LogP contribution is 2.34. The van der Waals surface area contributed by atoms with Crippen LogP contribution in [0.25, 0.3) is 0 Å². The second kappa shape index (κ2) is 5.83. The van der Waals surface area contributed by atoms with Crippen molar-refractivity contribution in [3.05, 3.63) is 59.7 Å². The highest BCUT2D eigenvalue weighted by atomic mass is 127. The van der Waals surface area contributed by atoms with Crippen LogP contribution < -0.4 is 4.74 Å². The van der Waals surface area contributed by atoms with E-state index in [1.54, 1.807) is 18.2 Å². The van der Waals surface area contributed by atoms with E-state index in [2.05, 4.69) is 22.6 Å². The van der Waals surface area contributed by atoms with Crippen LogP contribution in [0.1, 0.15) is 0 Å². The Hall–Kier alpha value is -0.900. The van der Waals surface area contributed by atoms with Crippen molar-refractivity contribution in [2.45, 2.75) is 0 Å². The zero-order valence-corrected chi connectivity index (χ0v) is 13.3. The lowest BCUT2D eigenvalue weighted by atomic mass is 10.3. The number of rotatable bonds is 3. The number of nitrogens with zero attached hydrogens (tertiary/aromatic N) is 1. The summed E-state index contributed by atoms with van der Waals surface area (Å²) in [6.45, 7) is 0. The van der Waals surface area contributed by atoms with Crippen molar-refractivity contribution in [2.75, 3.05) is 0 Å². The van der Waals surface area contributed by atoms with Gasteiger partial charge in [-0.05, 0) is 69.4 Å². The zero-order chi connectivity index (χ0) is 13.1. The Morgan fingerprint density at radius 3 is 2.44 bits per heavy atom. The van der Waals surface area contributed by atoms with E-state index in [9.17, 15) is 10.1 Å². The lowest BCUT2D eigenvalue weighted by Crippen LogP contribution is -1.95. The van der Waals surface area contributed by atoms with E-state index in [1.807, 2.05) is 40.8 Å². The minimum Gasteiger partial charge on any atom is -0.449 e. The number of nitro groups is 1. The highest BCUT2D eigenvalue weighted by Gasteiger charge is 2.16. The van der Waals surface area contributed by atoms with Gasteiger partial charge in [0.2, 0.25) is 5.75 Å². The number of ether oxygens (including phenoxy) is 1. The fourth-order valence-electron chi connectivity index (χ4n) is 1.37. The van der Waals surface area contributed by atoms with Crippen molar-refractivity contribution in [1.82, 2.24) is 0 Å². The molecule has 2 rings (SSSR count). The van der Waals surface area contributed by atoms with Gasteiger partial charge in [0.25, 0.3) is 0 Å². The molecular formula is C12H7I2NO3.